The maximum absolute atomic E-state index is 4.70. The second-order valence-corrected chi connectivity index (χ2v) is 5.11. The third-order valence-corrected chi connectivity index (χ3v) is 3.44. The largest absolute Gasteiger partial charge is 0.314 e. The van der Waals surface area contributed by atoms with E-state index in [2.05, 4.69) is 29.9 Å². The van der Waals surface area contributed by atoms with Crippen LogP contribution in [0.1, 0.15) is 62.9 Å². The van der Waals surface area contributed by atoms with E-state index >= 15 is 0 Å². The Morgan fingerprint density at radius 2 is 2.12 bits per heavy atom. The molecule has 0 aromatic carbocycles. The smallest absolute Gasteiger partial charge is 0.0765 e. The average Bonchev–Trinajstić information content (AvgIpc) is 2.83. The summed E-state index contributed by atoms with van der Waals surface area (Å²) in [6.45, 7) is 5.31. The standard InChI is InChI=1S/C13H23N3/c1-10(2)16-13(11-6-4-5-7-11)8-12(15-16)9-14-3/h8,10-11,14H,4-7,9H2,1-3H3. The Labute approximate surface area is 98.2 Å². The zero-order chi connectivity index (χ0) is 11.5. The Morgan fingerprint density at radius 3 is 2.69 bits per heavy atom. The van der Waals surface area contributed by atoms with E-state index in [9.17, 15) is 0 Å². The summed E-state index contributed by atoms with van der Waals surface area (Å²) in [6.07, 6.45) is 5.46. The lowest BCUT2D eigenvalue weighted by molar-refractivity contribution is 0.480. The van der Waals surface area contributed by atoms with Gasteiger partial charge in [0, 0.05) is 24.2 Å². The van der Waals surface area contributed by atoms with Crippen molar-refractivity contribution < 1.29 is 0 Å². The van der Waals surface area contributed by atoms with Gasteiger partial charge in [-0.3, -0.25) is 4.68 Å². The van der Waals surface area contributed by atoms with Crippen LogP contribution >= 0.6 is 0 Å². The molecular formula is C13H23N3. The molecule has 0 unspecified atom stereocenters. The molecule has 1 N–H and O–H groups in total. The molecule has 90 valence electrons. The van der Waals surface area contributed by atoms with Gasteiger partial charge in [0.1, 0.15) is 0 Å². The molecule has 3 heteroatoms. The fraction of sp³-hybridized carbons (Fsp3) is 0.769. The van der Waals surface area contributed by atoms with Crippen LogP contribution in [0.4, 0.5) is 0 Å². The van der Waals surface area contributed by atoms with Gasteiger partial charge in [0.2, 0.25) is 0 Å². The molecule has 0 atom stereocenters. The van der Waals surface area contributed by atoms with Gasteiger partial charge >= 0.3 is 0 Å². The van der Waals surface area contributed by atoms with Crippen LogP contribution in [-0.2, 0) is 6.54 Å². The van der Waals surface area contributed by atoms with Gasteiger partial charge in [-0.15, -0.1) is 0 Å². The highest BCUT2D eigenvalue weighted by Gasteiger charge is 2.22. The van der Waals surface area contributed by atoms with Crippen molar-refractivity contribution in [3.05, 3.63) is 17.5 Å². The molecule has 3 nitrogen and oxygen atoms in total. The van der Waals surface area contributed by atoms with Crippen LogP contribution in [0.25, 0.3) is 0 Å². The number of hydrogen-bond acceptors (Lipinski definition) is 2. The normalized spacial score (nSPS) is 17.5. The molecule has 0 amide bonds. The Hall–Kier alpha value is -0.830. The third kappa shape index (κ3) is 2.29. The van der Waals surface area contributed by atoms with Gasteiger partial charge in [-0.1, -0.05) is 12.8 Å². The van der Waals surface area contributed by atoms with E-state index in [0.717, 1.165) is 12.5 Å². The number of hydrogen-bond donors (Lipinski definition) is 1. The molecule has 1 aromatic rings. The van der Waals surface area contributed by atoms with E-state index in [1.807, 2.05) is 7.05 Å². The molecule has 1 aliphatic carbocycles. The first-order valence-electron chi connectivity index (χ1n) is 6.45. The van der Waals surface area contributed by atoms with Crippen molar-refractivity contribution in [1.29, 1.82) is 0 Å². The van der Waals surface area contributed by atoms with Crippen molar-refractivity contribution in [2.24, 2.45) is 0 Å². The highest BCUT2D eigenvalue weighted by molar-refractivity contribution is 5.16. The Morgan fingerprint density at radius 1 is 1.44 bits per heavy atom. The predicted octanol–water partition coefficient (Wildman–Crippen LogP) is 2.84. The molecule has 0 bridgehead atoms. The molecule has 2 rings (SSSR count). The third-order valence-electron chi connectivity index (χ3n) is 3.44. The first kappa shape index (κ1) is 11.6. The van der Waals surface area contributed by atoms with Crippen LogP contribution in [0, 0.1) is 0 Å². The maximum Gasteiger partial charge on any atom is 0.0765 e. The van der Waals surface area contributed by atoms with Crippen molar-refractivity contribution in [1.82, 2.24) is 15.1 Å². The van der Waals surface area contributed by atoms with Crippen molar-refractivity contribution in [2.75, 3.05) is 7.05 Å². The molecule has 0 aliphatic heterocycles. The monoisotopic (exact) mass is 221 g/mol. The minimum Gasteiger partial charge on any atom is -0.314 e. The molecule has 16 heavy (non-hydrogen) atoms. The fourth-order valence-electron chi connectivity index (χ4n) is 2.67. The van der Waals surface area contributed by atoms with Crippen LogP contribution in [0.2, 0.25) is 0 Å². The Bertz CT molecular complexity index is 335. The minimum atomic E-state index is 0.473. The Balaban J connectivity index is 2.25. The van der Waals surface area contributed by atoms with E-state index in [0.29, 0.717) is 6.04 Å². The van der Waals surface area contributed by atoms with Crippen LogP contribution in [0.15, 0.2) is 6.07 Å². The quantitative estimate of drug-likeness (QED) is 0.847. The van der Waals surface area contributed by atoms with Crippen LogP contribution < -0.4 is 5.32 Å². The van der Waals surface area contributed by atoms with Gasteiger partial charge in [0.15, 0.2) is 0 Å². The first-order valence-corrected chi connectivity index (χ1v) is 6.45. The van der Waals surface area contributed by atoms with Gasteiger partial charge in [0.05, 0.1) is 5.69 Å². The zero-order valence-electron chi connectivity index (χ0n) is 10.7. The van der Waals surface area contributed by atoms with Crippen molar-refractivity contribution in [3.63, 3.8) is 0 Å². The molecule has 1 aromatic heterocycles. The van der Waals surface area contributed by atoms with Crippen LogP contribution in [-0.4, -0.2) is 16.8 Å². The van der Waals surface area contributed by atoms with Gasteiger partial charge in [-0.05, 0) is 39.8 Å². The number of nitrogens with one attached hydrogen (secondary N) is 1. The van der Waals surface area contributed by atoms with E-state index in [1.165, 1.54) is 37.1 Å². The second kappa shape index (κ2) is 5.00. The predicted molar refractivity (Wildman–Crippen MR) is 66.6 cm³/mol. The SMILES string of the molecule is CNCc1cc(C2CCCC2)n(C(C)C)n1. The fourth-order valence-corrected chi connectivity index (χ4v) is 2.67. The molecule has 0 spiro atoms. The topological polar surface area (TPSA) is 29.9 Å². The Kier molecular flexibility index (Phi) is 3.64. The highest BCUT2D eigenvalue weighted by Crippen LogP contribution is 2.35. The molecule has 1 fully saturated rings. The summed E-state index contributed by atoms with van der Waals surface area (Å²) >= 11 is 0. The summed E-state index contributed by atoms with van der Waals surface area (Å²) in [5.74, 6) is 0.750. The molecule has 1 saturated carbocycles. The maximum atomic E-state index is 4.70. The van der Waals surface area contributed by atoms with Crippen LogP contribution in [0.3, 0.4) is 0 Å². The number of rotatable bonds is 4. The minimum absolute atomic E-state index is 0.473. The summed E-state index contributed by atoms with van der Waals surface area (Å²) < 4.78 is 2.22. The summed E-state index contributed by atoms with van der Waals surface area (Å²) in [7, 11) is 1.98. The molecular weight excluding hydrogens is 198 g/mol. The summed E-state index contributed by atoms with van der Waals surface area (Å²) in [4.78, 5) is 0. The van der Waals surface area contributed by atoms with E-state index in [1.54, 1.807) is 0 Å². The first-order chi connectivity index (χ1) is 7.72. The second-order valence-electron chi connectivity index (χ2n) is 5.11. The van der Waals surface area contributed by atoms with Crippen molar-refractivity contribution in [2.45, 2.75) is 58.0 Å². The lowest BCUT2D eigenvalue weighted by atomic mass is 10.0. The van der Waals surface area contributed by atoms with Gasteiger partial charge in [-0.25, -0.2) is 0 Å². The highest BCUT2D eigenvalue weighted by atomic mass is 15.3. The zero-order valence-corrected chi connectivity index (χ0v) is 10.7. The number of nitrogens with zero attached hydrogens (tertiary/aromatic N) is 2. The lowest BCUT2D eigenvalue weighted by Gasteiger charge is -2.15. The summed E-state index contributed by atoms with van der Waals surface area (Å²) in [5.41, 5.74) is 2.64. The molecule has 1 aliphatic rings. The average molecular weight is 221 g/mol. The lowest BCUT2D eigenvalue weighted by Crippen LogP contribution is -2.11. The van der Waals surface area contributed by atoms with E-state index < -0.39 is 0 Å². The van der Waals surface area contributed by atoms with E-state index in [4.69, 9.17) is 5.10 Å². The van der Waals surface area contributed by atoms with Crippen LogP contribution in [0.5, 0.6) is 0 Å². The van der Waals surface area contributed by atoms with Crippen molar-refractivity contribution >= 4 is 0 Å². The summed E-state index contributed by atoms with van der Waals surface area (Å²) in [5, 5.41) is 7.88. The van der Waals surface area contributed by atoms with Gasteiger partial charge in [0.25, 0.3) is 0 Å². The van der Waals surface area contributed by atoms with Gasteiger partial charge in [-0.2, -0.15) is 5.10 Å². The molecule has 0 saturated heterocycles. The molecule has 0 radical (unpaired) electrons. The number of aromatic nitrogens is 2. The van der Waals surface area contributed by atoms with E-state index in [-0.39, 0.29) is 0 Å². The molecule has 1 heterocycles. The summed E-state index contributed by atoms with van der Waals surface area (Å²) in [6, 6.07) is 2.77. The van der Waals surface area contributed by atoms with Gasteiger partial charge < -0.3 is 5.32 Å². The van der Waals surface area contributed by atoms with Crippen molar-refractivity contribution in [3.8, 4) is 0 Å².